The zero-order valence-electron chi connectivity index (χ0n) is 15.3. The minimum Gasteiger partial charge on any atom is -0.461 e. The number of halogens is 1. The van der Waals surface area contributed by atoms with Crippen LogP contribution in [-0.4, -0.2) is 37.3 Å². The van der Waals surface area contributed by atoms with E-state index in [4.69, 9.17) is 21.8 Å². The third kappa shape index (κ3) is 5.15. The van der Waals surface area contributed by atoms with Crippen molar-refractivity contribution in [3.8, 4) is 11.6 Å². The predicted molar refractivity (Wildman–Crippen MR) is 109 cm³/mol. The number of benzene rings is 1. The first-order chi connectivity index (χ1) is 14.3. The molecular formula is C17H15ClN6O5S. The first kappa shape index (κ1) is 21.3. The van der Waals surface area contributed by atoms with Crippen molar-refractivity contribution >= 4 is 46.6 Å². The van der Waals surface area contributed by atoms with Gasteiger partial charge in [-0.25, -0.2) is 0 Å². The van der Waals surface area contributed by atoms with E-state index in [0.29, 0.717) is 16.7 Å². The summed E-state index contributed by atoms with van der Waals surface area (Å²) in [4.78, 5) is 33.7. The Balaban J connectivity index is 1.69. The lowest BCUT2D eigenvalue weighted by Gasteiger charge is -2.09. The van der Waals surface area contributed by atoms with E-state index in [-0.39, 0.29) is 35.1 Å². The molecule has 0 radical (unpaired) electrons. The number of furan rings is 1. The minimum atomic E-state index is -0.581. The maximum absolute atomic E-state index is 12.3. The van der Waals surface area contributed by atoms with Crippen molar-refractivity contribution < 1.29 is 18.9 Å². The van der Waals surface area contributed by atoms with Crippen LogP contribution in [0.3, 0.4) is 0 Å². The molecule has 30 heavy (non-hydrogen) atoms. The van der Waals surface area contributed by atoms with Crippen molar-refractivity contribution in [3.63, 3.8) is 0 Å². The molecule has 0 bridgehead atoms. The molecule has 3 rings (SSSR count). The van der Waals surface area contributed by atoms with Gasteiger partial charge in [-0.1, -0.05) is 23.4 Å². The average Bonchev–Trinajstić information content (AvgIpc) is 3.35. The molecule has 3 aromatic rings. The second-order valence-corrected chi connectivity index (χ2v) is 7.26. The summed E-state index contributed by atoms with van der Waals surface area (Å²) in [5.41, 5.74) is 5.31. The third-order valence-corrected chi connectivity index (χ3v) is 5.09. The molecule has 0 atom stereocenters. The highest BCUT2D eigenvalue weighted by atomic mass is 35.5. The van der Waals surface area contributed by atoms with Crippen LogP contribution in [0.5, 0.6) is 0 Å². The largest absolute Gasteiger partial charge is 0.461 e. The number of hydrogen-bond donors (Lipinski definition) is 2. The molecular weight excluding hydrogens is 436 g/mol. The fourth-order valence-corrected chi connectivity index (χ4v) is 3.43. The molecule has 2 heterocycles. The second kappa shape index (κ2) is 9.41. The van der Waals surface area contributed by atoms with Crippen molar-refractivity contribution in [1.82, 2.24) is 14.8 Å². The van der Waals surface area contributed by atoms with Gasteiger partial charge in [-0.15, -0.1) is 10.2 Å². The number of primary amides is 1. The Morgan fingerprint density at radius 2 is 2.13 bits per heavy atom. The lowest BCUT2D eigenvalue weighted by Crippen LogP contribution is -2.16. The lowest BCUT2D eigenvalue weighted by atomic mass is 10.3. The number of nitrogens with one attached hydrogen (secondary N) is 1. The molecule has 0 saturated heterocycles. The Morgan fingerprint density at radius 1 is 1.33 bits per heavy atom. The van der Waals surface area contributed by atoms with Crippen LogP contribution in [0.25, 0.3) is 11.6 Å². The monoisotopic (exact) mass is 450 g/mol. The number of nitro benzene ring substituents is 1. The molecule has 2 aromatic heterocycles. The van der Waals surface area contributed by atoms with Gasteiger partial charge in [0.1, 0.15) is 0 Å². The number of carbonyl (C=O) groups excluding carboxylic acids is 2. The summed E-state index contributed by atoms with van der Waals surface area (Å²) in [6.45, 7) is 0.219. The van der Waals surface area contributed by atoms with E-state index in [2.05, 4.69) is 15.5 Å². The number of nitrogens with zero attached hydrogens (tertiary/aromatic N) is 4. The van der Waals surface area contributed by atoms with E-state index in [1.807, 2.05) is 0 Å². The molecule has 0 saturated carbocycles. The Morgan fingerprint density at radius 3 is 2.77 bits per heavy atom. The molecule has 1 aromatic carbocycles. The van der Waals surface area contributed by atoms with Gasteiger partial charge in [-0.3, -0.25) is 24.3 Å². The van der Waals surface area contributed by atoms with E-state index >= 15 is 0 Å². The second-order valence-electron chi connectivity index (χ2n) is 5.91. The van der Waals surface area contributed by atoms with Crippen LogP contribution in [0.1, 0.15) is 6.42 Å². The Labute approximate surface area is 178 Å². The number of aromatic nitrogens is 3. The van der Waals surface area contributed by atoms with Crippen molar-refractivity contribution in [3.05, 3.63) is 51.7 Å². The predicted octanol–water partition coefficient (Wildman–Crippen LogP) is 2.71. The van der Waals surface area contributed by atoms with Gasteiger partial charge in [0, 0.05) is 25.1 Å². The van der Waals surface area contributed by atoms with Gasteiger partial charge in [-0.05, 0) is 18.2 Å². The van der Waals surface area contributed by atoms with Crippen molar-refractivity contribution in [2.45, 2.75) is 18.1 Å². The van der Waals surface area contributed by atoms with Crippen LogP contribution in [0.2, 0.25) is 5.02 Å². The van der Waals surface area contributed by atoms with E-state index < -0.39 is 16.7 Å². The number of anilines is 1. The smallest absolute Gasteiger partial charge is 0.271 e. The van der Waals surface area contributed by atoms with Crippen molar-refractivity contribution in [2.75, 3.05) is 11.1 Å². The number of nitro groups is 1. The van der Waals surface area contributed by atoms with Crippen molar-refractivity contribution in [1.29, 1.82) is 0 Å². The van der Waals surface area contributed by atoms with Crippen LogP contribution in [0, 0.1) is 10.1 Å². The summed E-state index contributed by atoms with van der Waals surface area (Å²) in [6, 6.07) is 7.14. The molecule has 0 aliphatic heterocycles. The first-order valence-corrected chi connectivity index (χ1v) is 9.83. The van der Waals surface area contributed by atoms with Crippen LogP contribution in [0.15, 0.2) is 46.2 Å². The Hall–Kier alpha value is -3.38. The van der Waals surface area contributed by atoms with Gasteiger partial charge in [0.25, 0.3) is 5.69 Å². The number of non-ortho nitro benzene ring substituents is 1. The van der Waals surface area contributed by atoms with E-state index in [9.17, 15) is 19.7 Å². The molecule has 0 spiro atoms. The van der Waals surface area contributed by atoms with Gasteiger partial charge in [-0.2, -0.15) is 0 Å². The highest BCUT2D eigenvalue weighted by molar-refractivity contribution is 7.99. The molecule has 0 unspecified atom stereocenters. The number of nitrogens with two attached hydrogens (primary N) is 1. The lowest BCUT2D eigenvalue weighted by molar-refractivity contribution is -0.384. The topological polar surface area (TPSA) is 159 Å². The number of amides is 2. The van der Waals surface area contributed by atoms with E-state index in [1.54, 1.807) is 16.7 Å². The minimum absolute atomic E-state index is 0.0415. The Bertz CT molecular complexity index is 1080. The third-order valence-electron chi connectivity index (χ3n) is 3.81. The highest BCUT2D eigenvalue weighted by Gasteiger charge is 2.18. The number of carbonyl (C=O) groups is 2. The Kier molecular flexibility index (Phi) is 6.69. The van der Waals surface area contributed by atoms with Crippen LogP contribution in [-0.2, 0) is 16.1 Å². The van der Waals surface area contributed by atoms with E-state index in [1.165, 1.54) is 18.4 Å². The molecule has 0 aliphatic rings. The molecule has 0 aliphatic carbocycles. The maximum Gasteiger partial charge on any atom is 0.271 e. The zero-order valence-corrected chi connectivity index (χ0v) is 16.9. The molecule has 13 heteroatoms. The normalized spacial score (nSPS) is 10.7. The average molecular weight is 451 g/mol. The molecule has 156 valence electrons. The van der Waals surface area contributed by atoms with Crippen LogP contribution >= 0.6 is 23.4 Å². The quantitative estimate of drug-likeness (QED) is 0.286. The fourth-order valence-electron chi connectivity index (χ4n) is 2.44. The SMILES string of the molecule is NC(=O)CCn1c(SCC(=O)Nc2ccc([N+](=O)[O-])cc2Cl)nnc1-c1ccco1. The summed E-state index contributed by atoms with van der Waals surface area (Å²) >= 11 is 7.07. The molecule has 11 nitrogen and oxygen atoms in total. The fraction of sp³-hybridized carbons (Fsp3) is 0.176. The van der Waals surface area contributed by atoms with Crippen molar-refractivity contribution in [2.24, 2.45) is 5.73 Å². The van der Waals surface area contributed by atoms with Gasteiger partial charge in [0.15, 0.2) is 16.7 Å². The summed E-state index contributed by atoms with van der Waals surface area (Å²) in [5, 5.41) is 21.9. The summed E-state index contributed by atoms with van der Waals surface area (Å²) < 4.78 is 6.97. The highest BCUT2D eigenvalue weighted by Crippen LogP contribution is 2.28. The van der Waals surface area contributed by atoms with Gasteiger partial charge < -0.3 is 15.5 Å². The maximum atomic E-state index is 12.3. The van der Waals surface area contributed by atoms with Gasteiger partial charge in [0.05, 0.1) is 27.6 Å². The van der Waals surface area contributed by atoms with Gasteiger partial charge in [0.2, 0.25) is 11.8 Å². The number of rotatable bonds is 9. The standard InChI is InChI=1S/C17H15ClN6O5S/c18-11-8-10(24(27)28)3-4-12(11)20-15(26)9-30-17-22-21-16(13-2-1-7-29-13)23(17)6-5-14(19)25/h1-4,7-8H,5-6,9H2,(H2,19,25)(H,20,26). The first-order valence-electron chi connectivity index (χ1n) is 8.47. The molecule has 0 fully saturated rings. The van der Waals surface area contributed by atoms with E-state index in [0.717, 1.165) is 17.8 Å². The summed E-state index contributed by atoms with van der Waals surface area (Å²) in [6.07, 6.45) is 1.54. The number of hydrogen-bond acceptors (Lipinski definition) is 8. The molecule has 2 amide bonds. The number of thioether (sulfide) groups is 1. The van der Waals surface area contributed by atoms with Gasteiger partial charge >= 0.3 is 0 Å². The summed E-state index contributed by atoms with van der Waals surface area (Å²) in [5.74, 6) is -0.0703. The summed E-state index contributed by atoms with van der Waals surface area (Å²) in [7, 11) is 0. The zero-order chi connectivity index (χ0) is 21.7. The van der Waals surface area contributed by atoms with Crippen LogP contribution in [0.4, 0.5) is 11.4 Å². The van der Waals surface area contributed by atoms with Crippen LogP contribution < -0.4 is 11.1 Å². The molecule has 3 N–H and O–H groups in total.